The molecular formula is C15H32N2. The maximum Gasteiger partial charge on any atom is 0.0105 e. The van der Waals surface area contributed by atoms with Gasteiger partial charge in [0.1, 0.15) is 0 Å². The fourth-order valence-corrected chi connectivity index (χ4v) is 2.75. The Kier molecular flexibility index (Phi) is 6.50. The quantitative estimate of drug-likeness (QED) is 0.767. The van der Waals surface area contributed by atoms with Crippen molar-refractivity contribution in [1.82, 2.24) is 10.2 Å². The summed E-state index contributed by atoms with van der Waals surface area (Å²) in [6.45, 7) is 15.4. The van der Waals surface area contributed by atoms with Crippen molar-refractivity contribution in [3.8, 4) is 0 Å². The van der Waals surface area contributed by atoms with E-state index in [0.29, 0.717) is 6.04 Å². The fraction of sp³-hybridized carbons (Fsp3) is 1.00. The summed E-state index contributed by atoms with van der Waals surface area (Å²) in [4.78, 5) is 2.71. The van der Waals surface area contributed by atoms with Crippen LogP contribution in [-0.4, -0.2) is 36.6 Å². The molecular weight excluding hydrogens is 208 g/mol. The minimum absolute atomic E-state index is 0.606. The molecule has 0 radical (unpaired) electrons. The van der Waals surface area contributed by atoms with Crippen molar-refractivity contribution in [2.75, 3.05) is 19.6 Å². The highest BCUT2D eigenvalue weighted by Crippen LogP contribution is 2.23. The molecule has 0 bridgehead atoms. The Hall–Kier alpha value is -0.0800. The monoisotopic (exact) mass is 240 g/mol. The Balaban J connectivity index is 2.36. The topological polar surface area (TPSA) is 15.3 Å². The van der Waals surface area contributed by atoms with Crippen LogP contribution in [0.2, 0.25) is 0 Å². The molecule has 0 amide bonds. The highest BCUT2D eigenvalue weighted by Gasteiger charge is 2.25. The van der Waals surface area contributed by atoms with Gasteiger partial charge in [-0.15, -0.1) is 0 Å². The molecule has 1 aliphatic rings. The van der Waals surface area contributed by atoms with Crippen molar-refractivity contribution < 1.29 is 0 Å². The third kappa shape index (κ3) is 4.97. The molecule has 1 fully saturated rings. The standard InChI is InChI=1S/C15H32N2/c1-6-15-8-7-9-17(11-15)14(5)13(4)10-16-12(2)3/h12-16H,6-11H2,1-5H3. The van der Waals surface area contributed by atoms with Crippen LogP contribution in [0, 0.1) is 11.8 Å². The summed E-state index contributed by atoms with van der Waals surface area (Å²) in [7, 11) is 0. The van der Waals surface area contributed by atoms with Crippen molar-refractivity contribution in [3.63, 3.8) is 0 Å². The van der Waals surface area contributed by atoms with Gasteiger partial charge in [-0.05, 0) is 44.7 Å². The third-order valence-corrected chi connectivity index (χ3v) is 4.38. The van der Waals surface area contributed by atoms with E-state index in [1.807, 2.05) is 0 Å². The van der Waals surface area contributed by atoms with E-state index in [-0.39, 0.29) is 0 Å². The van der Waals surface area contributed by atoms with Crippen molar-refractivity contribution in [3.05, 3.63) is 0 Å². The molecule has 1 N–H and O–H groups in total. The van der Waals surface area contributed by atoms with Gasteiger partial charge < -0.3 is 10.2 Å². The van der Waals surface area contributed by atoms with Crippen LogP contribution < -0.4 is 5.32 Å². The second kappa shape index (κ2) is 7.38. The van der Waals surface area contributed by atoms with E-state index >= 15 is 0 Å². The van der Waals surface area contributed by atoms with Crippen LogP contribution in [0.3, 0.4) is 0 Å². The van der Waals surface area contributed by atoms with Gasteiger partial charge in [0.2, 0.25) is 0 Å². The Labute approximate surface area is 108 Å². The van der Waals surface area contributed by atoms with E-state index in [2.05, 4.69) is 44.8 Å². The summed E-state index contributed by atoms with van der Waals surface area (Å²) >= 11 is 0. The van der Waals surface area contributed by atoms with Gasteiger partial charge in [-0.1, -0.05) is 34.1 Å². The lowest BCUT2D eigenvalue weighted by Crippen LogP contribution is -2.46. The van der Waals surface area contributed by atoms with Gasteiger partial charge >= 0.3 is 0 Å². The molecule has 0 aromatic carbocycles. The van der Waals surface area contributed by atoms with E-state index in [0.717, 1.165) is 24.4 Å². The molecule has 1 rings (SSSR count). The minimum atomic E-state index is 0.606. The van der Waals surface area contributed by atoms with E-state index in [1.165, 1.54) is 32.4 Å². The number of hydrogen-bond acceptors (Lipinski definition) is 2. The van der Waals surface area contributed by atoms with Crippen LogP contribution in [0.5, 0.6) is 0 Å². The first-order valence-corrected chi connectivity index (χ1v) is 7.52. The molecule has 1 saturated heterocycles. The highest BCUT2D eigenvalue weighted by atomic mass is 15.2. The van der Waals surface area contributed by atoms with Crippen molar-refractivity contribution in [1.29, 1.82) is 0 Å². The van der Waals surface area contributed by atoms with Crippen LogP contribution >= 0.6 is 0 Å². The molecule has 0 saturated carbocycles. The van der Waals surface area contributed by atoms with Gasteiger partial charge in [0.25, 0.3) is 0 Å². The number of nitrogens with zero attached hydrogens (tertiary/aromatic N) is 1. The zero-order chi connectivity index (χ0) is 12.8. The molecule has 3 atom stereocenters. The molecule has 17 heavy (non-hydrogen) atoms. The van der Waals surface area contributed by atoms with Crippen LogP contribution in [0.25, 0.3) is 0 Å². The third-order valence-electron chi connectivity index (χ3n) is 4.38. The number of hydrogen-bond donors (Lipinski definition) is 1. The van der Waals surface area contributed by atoms with Gasteiger partial charge in [-0.25, -0.2) is 0 Å². The lowest BCUT2D eigenvalue weighted by molar-refractivity contribution is 0.0985. The minimum Gasteiger partial charge on any atom is -0.314 e. The second-order valence-electron chi connectivity index (χ2n) is 6.19. The van der Waals surface area contributed by atoms with Crippen molar-refractivity contribution in [2.24, 2.45) is 11.8 Å². The molecule has 0 aromatic heterocycles. The number of nitrogens with one attached hydrogen (secondary N) is 1. The van der Waals surface area contributed by atoms with Crippen LogP contribution in [0.1, 0.15) is 53.9 Å². The Morgan fingerprint density at radius 3 is 2.53 bits per heavy atom. The predicted molar refractivity (Wildman–Crippen MR) is 76.4 cm³/mol. The lowest BCUT2D eigenvalue weighted by atomic mass is 9.92. The van der Waals surface area contributed by atoms with E-state index in [4.69, 9.17) is 0 Å². The summed E-state index contributed by atoms with van der Waals surface area (Å²) in [6, 6.07) is 1.32. The smallest absolute Gasteiger partial charge is 0.0105 e. The summed E-state index contributed by atoms with van der Waals surface area (Å²) in [5.41, 5.74) is 0. The maximum absolute atomic E-state index is 3.56. The summed E-state index contributed by atoms with van der Waals surface area (Å²) in [5, 5.41) is 3.56. The molecule has 0 spiro atoms. The zero-order valence-electron chi connectivity index (χ0n) is 12.5. The first-order valence-electron chi connectivity index (χ1n) is 7.52. The SMILES string of the molecule is CCC1CCCN(C(C)C(C)CNC(C)C)C1. The van der Waals surface area contributed by atoms with Gasteiger partial charge in [0, 0.05) is 18.6 Å². The molecule has 102 valence electrons. The van der Waals surface area contributed by atoms with Crippen molar-refractivity contribution in [2.45, 2.75) is 66.0 Å². The van der Waals surface area contributed by atoms with Crippen LogP contribution in [0.15, 0.2) is 0 Å². The largest absolute Gasteiger partial charge is 0.314 e. The molecule has 0 aliphatic carbocycles. The van der Waals surface area contributed by atoms with E-state index < -0.39 is 0 Å². The first-order chi connectivity index (χ1) is 8.04. The maximum atomic E-state index is 3.56. The highest BCUT2D eigenvalue weighted by molar-refractivity contribution is 4.80. The lowest BCUT2D eigenvalue weighted by Gasteiger charge is -2.39. The van der Waals surface area contributed by atoms with Crippen LogP contribution in [-0.2, 0) is 0 Å². The first kappa shape index (κ1) is 15.0. The van der Waals surface area contributed by atoms with E-state index in [1.54, 1.807) is 0 Å². The summed E-state index contributed by atoms with van der Waals surface area (Å²) in [6.07, 6.45) is 4.19. The molecule has 1 heterocycles. The molecule has 2 heteroatoms. The fourth-order valence-electron chi connectivity index (χ4n) is 2.75. The van der Waals surface area contributed by atoms with Crippen LogP contribution in [0.4, 0.5) is 0 Å². The Bertz CT molecular complexity index is 203. The summed E-state index contributed by atoms with van der Waals surface area (Å²) in [5.74, 6) is 1.68. The van der Waals surface area contributed by atoms with E-state index in [9.17, 15) is 0 Å². The molecule has 3 unspecified atom stereocenters. The van der Waals surface area contributed by atoms with Crippen molar-refractivity contribution >= 4 is 0 Å². The molecule has 0 aromatic rings. The number of rotatable bonds is 6. The number of piperidine rings is 1. The Morgan fingerprint density at radius 1 is 1.24 bits per heavy atom. The van der Waals surface area contributed by atoms with Gasteiger partial charge in [-0.2, -0.15) is 0 Å². The van der Waals surface area contributed by atoms with Gasteiger partial charge in [0.15, 0.2) is 0 Å². The average molecular weight is 240 g/mol. The molecule has 2 nitrogen and oxygen atoms in total. The Morgan fingerprint density at radius 2 is 1.94 bits per heavy atom. The number of likely N-dealkylation sites (tertiary alicyclic amines) is 1. The van der Waals surface area contributed by atoms with Gasteiger partial charge in [-0.3, -0.25) is 0 Å². The van der Waals surface area contributed by atoms with Gasteiger partial charge in [0.05, 0.1) is 0 Å². The summed E-state index contributed by atoms with van der Waals surface area (Å²) < 4.78 is 0. The second-order valence-corrected chi connectivity index (χ2v) is 6.19. The zero-order valence-corrected chi connectivity index (χ0v) is 12.5. The molecule has 1 aliphatic heterocycles. The average Bonchev–Trinajstić information content (AvgIpc) is 2.35. The predicted octanol–water partition coefficient (Wildman–Crippen LogP) is 3.13. The normalized spacial score (nSPS) is 26.1.